The average molecular weight is 419 g/mol. The van der Waals surface area contributed by atoms with E-state index in [1.807, 2.05) is 13.8 Å². The first-order valence-electron chi connectivity index (χ1n) is 9.57. The second kappa shape index (κ2) is 9.27. The predicted octanol–water partition coefficient (Wildman–Crippen LogP) is 3.90. The highest BCUT2D eigenvalue weighted by molar-refractivity contribution is 6.32. The van der Waals surface area contributed by atoms with Crippen molar-refractivity contribution in [1.29, 1.82) is 0 Å². The number of rotatable bonds is 5. The molecule has 1 fully saturated rings. The summed E-state index contributed by atoms with van der Waals surface area (Å²) in [5.41, 5.74) is 2.14. The van der Waals surface area contributed by atoms with Crippen LogP contribution in [-0.4, -0.2) is 42.5 Å². The van der Waals surface area contributed by atoms with Crippen LogP contribution in [0, 0.1) is 19.7 Å². The Morgan fingerprint density at radius 3 is 2.45 bits per heavy atom. The first-order chi connectivity index (χ1) is 13.8. The van der Waals surface area contributed by atoms with E-state index in [9.17, 15) is 14.0 Å². The van der Waals surface area contributed by atoms with E-state index in [-0.39, 0.29) is 24.5 Å². The minimum absolute atomic E-state index is 0.0173. The number of nitrogens with one attached hydrogen (secondary N) is 1. The van der Waals surface area contributed by atoms with E-state index < -0.39 is 5.82 Å². The van der Waals surface area contributed by atoms with Crippen LogP contribution in [0.2, 0.25) is 5.02 Å². The molecule has 5 nitrogen and oxygen atoms in total. The summed E-state index contributed by atoms with van der Waals surface area (Å²) in [6, 6.07) is 9.28. The third-order valence-corrected chi connectivity index (χ3v) is 5.59. The number of aryl methyl sites for hydroxylation is 2. The van der Waals surface area contributed by atoms with Crippen LogP contribution in [-0.2, 0) is 4.79 Å². The Balaban J connectivity index is 1.45. The molecule has 154 valence electrons. The molecule has 0 bridgehead atoms. The van der Waals surface area contributed by atoms with Crippen LogP contribution in [0.5, 0.6) is 5.75 Å². The number of likely N-dealkylation sites (tertiary alicyclic amines) is 1. The van der Waals surface area contributed by atoms with E-state index in [2.05, 4.69) is 5.32 Å². The van der Waals surface area contributed by atoms with E-state index in [0.29, 0.717) is 42.3 Å². The molecule has 0 saturated carbocycles. The van der Waals surface area contributed by atoms with Crippen molar-refractivity contribution in [1.82, 2.24) is 10.2 Å². The van der Waals surface area contributed by atoms with Crippen molar-refractivity contribution >= 4 is 23.4 Å². The summed E-state index contributed by atoms with van der Waals surface area (Å²) in [6.07, 6.45) is 1.29. The van der Waals surface area contributed by atoms with Gasteiger partial charge in [-0.15, -0.1) is 0 Å². The van der Waals surface area contributed by atoms with Crippen molar-refractivity contribution in [3.05, 3.63) is 63.9 Å². The van der Waals surface area contributed by atoms with E-state index in [0.717, 1.165) is 11.1 Å². The predicted molar refractivity (Wildman–Crippen MR) is 110 cm³/mol. The van der Waals surface area contributed by atoms with E-state index in [4.69, 9.17) is 16.3 Å². The molecule has 1 aliphatic rings. The van der Waals surface area contributed by atoms with Crippen LogP contribution in [0.15, 0.2) is 36.4 Å². The van der Waals surface area contributed by atoms with Gasteiger partial charge in [-0.05, 0) is 68.1 Å². The smallest absolute Gasteiger partial charge is 0.258 e. The Morgan fingerprint density at radius 1 is 1.17 bits per heavy atom. The van der Waals surface area contributed by atoms with Crippen molar-refractivity contribution in [2.24, 2.45) is 0 Å². The minimum Gasteiger partial charge on any atom is -0.484 e. The maximum Gasteiger partial charge on any atom is 0.258 e. The SMILES string of the molecule is Cc1cc(OCC(=O)NC2CCN(C(=O)c3cccc(F)c3)CC2)cc(C)c1Cl. The third kappa shape index (κ3) is 5.48. The first kappa shape index (κ1) is 21.1. The number of carbonyl (C=O) groups excluding carboxylic acids is 2. The number of hydrogen-bond donors (Lipinski definition) is 1. The average Bonchev–Trinajstić information content (AvgIpc) is 2.70. The standard InChI is InChI=1S/C22H24ClFN2O3/c1-14-10-19(11-15(2)21(14)23)29-13-20(27)25-18-6-8-26(9-7-18)22(28)16-4-3-5-17(24)12-16/h3-5,10-12,18H,6-9,13H2,1-2H3,(H,25,27). The molecular weight excluding hydrogens is 395 g/mol. The summed E-state index contributed by atoms with van der Waals surface area (Å²) < 4.78 is 18.9. The van der Waals surface area contributed by atoms with Crippen LogP contribution in [0.25, 0.3) is 0 Å². The van der Waals surface area contributed by atoms with Crippen molar-refractivity contribution < 1.29 is 18.7 Å². The zero-order chi connectivity index (χ0) is 21.0. The van der Waals surface area contributed by atoms with Gasteiger partial charge in [-0.3, -0.25) is 9.59 Å². The van der Waals surface area contributed by atoms with E-state index in [1.165, 1.54) is 18.2 Å². The number of carbonyl (C=O) groups is 2. The second-order valence-corrected chi connectivity index (χ2v) is 7.68. The molecule has 7 heteroatoms. The van der Waals surface area contributed by atoms with Crippen LogP contribution < -0.4 is 10.1 Å². The Bertz CT molecular complexity index is 888. The lowest BCUT2D eigenvalue weighted by Gasteiger charge is -2.32. The van der Waals surface area contributed by atoms with Gasteiger partial charge in [0, 0.05) is 29.7 Å². The van der Waals surface area contributed by atoms with Crippen LogP contribution >= 0.6 is 11.6 Å². The van der Waals surface area contributed by atoms with Gasteiger partial charge in [0.25, 0.3) is 11.8 Å². The van der Waals surface area contributed by atoms with Gasteiger partial charge in [-0.2, -0.15) is 0 Å². The molecule has 2 amide bonds. The molecule has 0 aromatic heterocycles. The molecule has 29 heavy (non-hydrogen) atoms. The fourth-order valence-corrected chi connectivity index (χ4v) is 3.55. The van der Waals surface area contributed by atoms with Gasteiger partial charge in [-0.25, -0.2) is 4.39 Å². The highest BCUT2D eigenvalue weighted by Gasteiger charge is 2.25. The van der Waals surface area contributed by atoms with Crippen LogP contribution in [0.1, 0.15) is 34.3 Å². The molecule has 1 heterocycles. The lowest BCUT2D eigenvalue weighted by molar-refractivity contribution is -0.124. The summed E-state index contributed by atoms with van der Waals surface area (Å²) in [5.74, 6) is -0.213. The highest BCUT2D eigenvalue weighted by Crippen LogP contribution is 2.25. The van der Waals surface area contributed by atoms with Gasteiger partial charge in [0.1, 0.15) is 11.6 Å². The zero-order valence-electron chi connectivity index (χ0n) is 16.5. The number of hydrogen-bond acceptors (Lipinski definition) is 3. The van der Waals surface area contributed by atoms with Crippen molar-refractivity contribution in [2.45, 2.75) is 32.7 Å². The highest BCUT2D eigenvalue weighted by atomic mass is 35.5. The first-order valence-corrected chi connectivity index (χ1v) is 9.95. The molecular formula is C22H24ClFN2O3. The number of ether oxygens (including phenoxy) is 1. The van der Waals surface area contributed by atoms with Crippen LogP contribution in [0.3, 0.4) is 0 Å². The minimum atomic E-state index is -0.427. The van der Waals surface area contributed by atoms with Crippen molar-refractivity contribution in [3.8, 4) is 5.75 Å². The molecule has 1 N–H and O–H groups in total. The fourth-order valence-electron chi connectivity index (χ4n) is 3.44. The zero-order valence-corrected chi connectivity index (χ0v) is 17.3. The summed E-state index contributed by atoms with van der Waals surface area (Å²) in [5, 5.41) is 3.65. The van der Waals surface area contributed by atoms with E-state index in [1.54, 1.807) is 23.1 Å². The summed E-state index contributed by atoms with van der Waals surface area (Å²) in [4.78, 5) is 26.4. The largest absolute Gasteiger partial charge is 0.484 e. The molecule has 1 saturated heterocycles. The molecule has 0 radical (unpaired) electrons. The quantitative estimate of drug-likeness (QED) is 0.801. The summed E-state index contributed by atoms with van der Waals surface area (Å²) in [7, 11) is 0. The van der Waals surface area contributed by atoms with Crippen molar-refractivity contribution in [3.63, 3.8) is 0 Å². The molecule has 2 aromatic carbocycles. The molecule has 0 atom stereocenters. The molecule has 0 aliphatic carbocycles. The van der Waals surface area contributed by atoms with Gasteiger partial charge in [0.05, 0.1) is 0 Å². The Hall–Kier alpha value is -2.60. The maximum atomic E-state index is 13.3. The Morgan fingerprint density at radius 2 is 1.83 bits per heavy atom. The molecule has 2 aromatic rings. The number of halogens is 2. The van der Waals surface area contributed by atoms with Gasteiger partial charge in [0.15, 0.2) is 6.61 Å². The number of piperidine rings is 1. The fraction of sp³-hybridized carbons (Fsp3) is 0.364. The molecule has 1 aliphatic heterocycles. The molecule has 0 unspecified atom stereocenters. The van der Waals surface area contributed by atoms with E-state index >= 15 is 0 Å². The lowest BCUT2D eigenvalue weighted by Crippen LogP contribution is -2.47. The van der Waals surface area contributed by atoms with Crippen LogP contribution in [0.4, 0.5) is 4.39 Å². The Labute approximate surface area is 174 Å². The molecule has 3 rings (SSSR count). The van der Waals surface area contributed by atoms with Gasteiger partial charge < -0.3 is 15.0 Å². The number of amides is 2. The summed E-state index contributed by atoms with van der Waals surface area (Å²) in [6.45, 7) is 4.72. The number of nitrogens with zero attached hydrogens (tertiary/aromatic N) is 1. The lowest BCUT2D eigenvalue weighted by atomic mass is 10.0. The van der Waals surface area contributed by atoms with Gasteiger partial charge in [-0.1, -0.05) is 17.7 Å². The van der Waals surface area contributed by atoms with Crippen molar-refractivity contribution in [2.75, 3.05) is 19.7 Å². The number of benzene rings is 2. The third-order valence-electron chi connectivity index (χ3n) is 5.00. The second-order valence-electron chi connectivity index (χ2n) is 7.30. The van der Waals surface area contributed by atoms with Gasteiger partial charge >= 0.3 is 0 Å². The maximum absolute atomic E-state index is 13.3. The molecule has 0 spiro atoms. The topological polar surface area (TPSA) is 58.6 Å². The Kier molecular flexibility index (Phi) is 6.75. The monoisotopic (exact) mass is 418 g/mol. The van der Waals surface area contributed by atoms with Gasteiger partial charge in [0.2, 0.25) is 0 Å². The summed E-state index contributed by atoms with van der Waals surface area (Å²) >= 11 is 6.14. The normalized spacial score (nSPS) is 14.6.